The fourth-order valence-corrected chi connectivity index (χ4v) is 11.6. The van der Waals surface area contributed by atoms with Crippen LogP contribution >= 0.6 is 22.7 Å². The van der Waals surface area contributed by atoms with Crippen LogP contribution in [0.4, 0.5) is 18.4 Å². The Balaban J connectivity index is 0.000000155. The van der Waals surface area contributed by atoms with Gasteiger partial charge in [-0.25, -0.2) is 38.3 Å². The van der Waals surface area contributed by atoms with E-state index in [1.807, 2.05) is 24.6 Å². The fourth-order valence-electron chi connectivity index (χ4n) is 9.74. The average molecular weight is 1020 g/mol. The standard InChI is InChI=1S/C26H28FN3O6S.C24H24FN3O5S/c1-26(4-5-26)36-25(32)30-9-15-11-33-12-16(10-30)22(15)35-24-23-21(28-14-29-24)19(13-37-23)18-3-2-17(8-20(18)27)34-7-6-31;1-24(4-5-24)33-23(30)28-7-13-9-31-10-14(8-28)20(13)32-22-21-19(26-12-27-22)17(11-34-21)16-3-2-15(29)6-18(16)25/h2-3,8,13-16,22,31H,4-7,9-12H2,1H3;2-3,6,11-14,20,29H,4-5,7-10H2,1H3. The van der Waals surface area contributed by atoms with E-state index < -0.39 is 11.6 Å². The van der Waals surface area contributed by atoms with Gasteiger partial charge < -0.3 is 53.2 Å². The number of rotatable bonds is 11. The maximum absolute atomic E-state index is 14.9. The van der Waals surface area contributed by atoms with Crippen LogP contribution in [-0.4, -0.2) is 141 Å². The number of phenolic OH excluding ortho intramolecular Hbond substituents is 1. The number of phenols is 1. The molecular formula is C50H52F2N6O11S2. The highest BCUT2D eigenvalue weighted by atomic mass is 32.1. The number of thiophene rings is 2. The SMILES string of the molecule is CC1(OC(=O)N2CC3COCC(C2)C3Oc2ncnc3c(-c4ccc(O)cc4F)csc23)CC1.CC1(OC(=O)N2CC3COCC(C2)C3Oc2ncnc3c(-c4ccc(OCCO)cc4F)csc23)CC1. The minimum absolute atomic E-state index is 0.00829. The molecule has 4 atom stereocenters. The molecule has 6 aliphatic rings. The summed E-state index contributed by atoms with van der Waals surface area (Å²) < 4.78 is 72.0. The Kier molecular flexibility index (Phi) is 12.8. The first-order valence-electron chi connectivity index (χ1n) is 23.8. The molecule has 4 aromatic heterocycles. The molecule has 2 saturated carbocycles. The summed E-state index contributed by atoms with van der Waals surface area (Å²) in [5, 5.41) is 22.1. The fraction of sp³-hybridized carbons (Fsp3) is 0.480. The summed E-state index contributed by atoms with van der Waals surface area (Å²) in [6, 6.07) is 8.68. The number of fused-ring (bicyclic) bond motifs is 6. The molecule has 71 heavy (non-hydrogen) atoms. The van der Waals surface area contributed by atoms with Crippen LogP contribution < -0.4 is 14.2 Å². The van der Waals surface area contributed by atoms with Crippen molar-refractivity contribution in [2.45, 2.75) is 62.9 Å². The quantitative estimate of drug-likeness (QED) is 0.126. The molecule has 4 saturated heterocycles. The summed E-state index contributed by atoms with van der Waals surface area (Å²) in [6.45, 7) is 7.83. The van der Waals surface area contributed by atoms with E-state index >= 15 is 0 Å². The van der Waals surface area contributed by atoms with Gasteiger partial charge in [0.05, 0.1) is 44.1 Å². The number of carbonyl (C=O) groups is 2. The van der Waals surface area contributed by atoms with Crippen LogP contribution in [0.25, 0.3) is 42.7 Å². The second kappa shape index (κ2) is 19.2. The molecule has 0 spiro atoms. The minimum Gasteiger partial charge on any atom is -0.508 e. The number of nitrogens with zero attached hydrogens (tertiary/aromatic N) is 6. The Morgan fingerprint density at radius 1 is 0.676 bits per heavy atom. The highest BCUT2D eigenvalue weighted by Crippen LogP contribution is 2.44. The third kappa shape index (κ3) is 9.85. The van der Waals surface area contributed by atoms with Crippen LogP contribution in [0.1, 0.15) is 39.5 Å². The number of amides is 2. The molecule has 6 aromatic rings. The van der Waals surface area contributed by atoms with Gasteiger partial charge in [0, 0.05) is 95.0 Å². The second-order valence-electron chi connectivity index (χ2n) is 19.6. The lowest BCUT2D eigenvalue weighted by Crippen LogP contribution is -2.59. The van der Waals surface area contributed by atoms with Crippen molar-refractivity contribution >= 4 is 55.3 Å². The van der Waals surface area contributed by atoms with E-state index in [4.69, 9.17) is 38.3 Å². The number of aliphatic hydroxyl groups is 1. The molecule has 4 unspecified atom stereocenters. The number of likely N-dealkylation sites (tertiary alicyclic amines) is 2. The summed E-state index contributed by atoms with van der Waals surface area (Å²) in [5.41, 5.74) is 2.61. The van der Waals surface area contributed by atoms with Gasteiger partial charge in [-0.3, -0.25) is 0 Å². The second-order valence-corrected chi connectivity index (χ2v) is 21.4. The molecule has 374 valence electrons. The number of halogens is 2. The number of benzene rings is 2. The number of ether oxygens (including phenoxy) is 7. The van der Waals surface area contributed by atoms with Gasteiger partial charge in [0.1, 0.15) is 75.2 Å². The average Bonchev–Trinajstić information content (AvgIpc) is 4.13. The van der Waals surface area contributed by atoms with Gasteiger partial charge in [0.15, 0.2) is 0 Å². The van der Waals surface area contributed by atoms with Crippen LogP contribution in [0.3, 0.4) is 0 Å². The smallest absolute Gasteiger partial charge is 0.410 e. The predicted octanol–water partition coefficient (Wildman–Crippen LogP) is 8.10. The number of aliphatic hydroxyl groups excluding tert-OH is 1. The van der Waals surface area contributed by atoms with Crippen molar-refractivity contribution in [3.05, 3.63) is 71.4 Å². The molecule has 17 nitrogen and oxygen atoms in total. The summed E-state index contributed by atoms with van der Waals surface area (Å²) in [4.78, 5) is 46.5. The first-order valence-corrected chi connectivity index (χ1v) is 25.5. The molecule has 0 radical (unpaired) electrons. The van der Waals surface area contributed by atoms with Crippen molar-refractivity contribution in [3.8, 4) is 45.5 Å². The Morgan fingerprint density at radius 3 is 1.55 bits per heavy atom. The molecule has 12 rings (SSSR count). The highest BCUT2D eigenvalue weighted by Gasteiger charge is 2.49. The van der Waals surface area contributed by atoms with E-state index in [9.17, 15) is 23.5 Å². The zero-order valence-electron chi connectivity index (χ0n) is 39.0. The number of hydrogen-bond acceptors (Lipinski definition) is 17. The van der Waals surface area contributed by atoms with Gasteiger partial charge >= 0.3 is 12.2 Å². The molecule has 21 heteroatoms. The monoisotopic (exact) mass is 1010 g/mol. The Labute approximate surface area is 414 Å². The molecule has 2 aromatic carbocycles. The van der Waals surface area contributed by atoms with E-state index in [1.54, 1.807) is 21.9 Å². The Hall–Kier alpha value is -6.00. The van der Waals surface area contributed by atoms with Crippen molar-refractivity contribution in [1.82, 2.24) is 29.7 Å². The maximum Gasteiger partial charge on any atom is 0.410 e. The van der Waals surface area contributed by atoms with Gasteiger partial charge in [-0.05, 0) is 63.8 Å². The van der Waals surface area contributed by atoms with E-state index in [0.29, 0.717) is 103 Å². The van der Waals surface area contributed by atoms with Crippen molar-refractivity contribution < 1.29 is 61.7 Å². The molecule has 2 N–H and O–H groups in total. The summed E-state index contributed by atoms with van der Waals surface area (Å²) in [7, 11) is 0. The maximum atomic E-state index is 14.9. The van der Waals surface area contributed by atoms with E-state index in [1.165, 1.54) is 53.5 Å². The van der Waals surface area contributed by atoms with Gasteiger partial charge in [0.25, 0.3) is 0 Å². The van der Waals surface area contributed by atoms with Gasteiger partial charge in [-0.2, -0.15) is 0 Å². The molecule has 2 aliphatic carbocycles. The third-order valence-electron chi connectivity index (χ3n) is 14.1. The van der Waals surface area contributed by atoms with Crippen molar-refractivity contribution in [2.75, 3.05) is 65.8 Å². The molecule has 4 aliphatic heterocycles. The van der Waals surface area contributed by atoms with Crippen LogP contribution in [-0.2, 0) is 18.9 Å². The van der Waals surface area contributed by atoms with Gasteiger partial charge in [-0.1, -0.05) is 0 Å². The van der Waals surface area contributed by atoms with E-state index in [0.717, 1.165) is 41.1 Å². The van der Waals surface area contributed by atoms with Crippen LogP contribution in [0.15, 0.2) is 59.8 Å². The summed E-state index contributed by atoms with van der Waals surface area (Å²) in [5.74, 6) is 0.113. The number of aromatic nitrogens is 4. The molecule has 4 bridgehead atoms. The van der Waals surface area contributed by atoms with Crippen molar-refractivity contribution in [3.63, 3.8) is 0 Å². The largest absolute Gasteiger partial charge is 0.508 e. The number of piperidine rings is 2. The molecule has 2 amide bonds. The lowest BCUT2D eigenvalue weighted by molar-refractivity contribution is -0.111. The van der Waals surface area contributed by atoms with Gasteiger partial charge in [0.2, 0.25) is 11.8 Å². The molecular weight excluding hydrogens is 963 g/mol. The van der Waals surface area contributed by atoms with E-state index in [2.05, 4.69) is 19.9 Å². The summed E-state index contributed by atoms with van der Waals surface area (Å²) >= 11 is 2.79. The van der Waals surface area contributed by atoms with Crippen LogP contribution in [0.5, 0.6) is 23.3 Å². The van der Waals surface area contributed by atoms with Crippen LogP contribution in [0.2, 0.25) is 0 Å². The highest BCUT2D eigenvalue weighted by molar-refractivity contribution is 7.18. The third-order valence-corrected chi connectivity index (χ3v) is 16.0. The Morgan fingerprint density at radius 2 is 1.13 bits per heavy atom. The van der Waals surface area contributed by atoms with Crippen molar-refractivity contribution in [1.29, 1.82) is 0 Å². The van der Waals surface area contributed by atoms with Crippen LogP contribution in [0, 0.1) is 35.3 Å². The first kappa shape index (κ1) is 47.3. The Bertz CT molecular complexity index is 2940. The predicted molar refractivity (Wildman–Crippen MR) is 256 cm³/mol. The zero-order valence-corrected chi connectivity index (χ0v) is 40.6. The number of carbonyl (C=O) groups excluding carboxylic acids is 2. The van der Waals surface area contributed by atoms with Gasteiger partial charge in [-0.15, -0.1) is 22.7 Å². The number of aromatic hydroxyl groups is 1. The first-order chi connectivity index (χ1) is 34.3. The zero-order chi connectivity index (χ0) is 49.0. The normalized spacial score (nSPS) is 24.6. The number of hydrogen-bond donors (Lipinski definition) is 2. The minimum atomic E-state index is -0.522. The van der Waals surface area contributed by atoms with Crippen molar-refractivity contribution in [2.24, 2.45) is 23.7 Å². The van der Waals surface area contributed by atoms with E-state index in [-0.39, 0.29) is 78.2 Å². The topological polar surface area (TPSA) is 197 Å². The molecule has 6 fully saturated rings. The summed E-state index contributed by atoms with van der Waals surface area (Å²) in [6.07, 6.45) is 5.63. The lowest BCUT2D eigenvalue weighted by Gasteiger charge is -2.46. The lowest BCUT2D eigenvalue weighted by atomic mass is 9.84. The molecule has 8 heterocycles.